The highest BCUT2D eigenvalue weighted by atomic mass is 16.7. The summed E-state index contributed by atoms with van der Waals surface area (Å²) in [5, 5.41) is 6.60. The van der Waals surface area contributed by atoms with Crippen LogP contribution < -0.4 is 36.2 Å². The van der Waals surface area contributed by atoms with Crippen LogP contribution in [-0.4, -0.2) is 30.4 Å². The number of hydrogen-bond donors (Lipinski definition) is 4. The van der Waals surface area contributed by atoms with E-state index in [0.717, 1.165) is 39.8 Å². The minimum absolute atomic E-state index is 0.442. The Balaban J connectivity index is 1.46. The smallest absolute Gasteiger partial charge is 0.351 e. The summed E-state index contributed by atoms with van der Waals surface area (Å²) in [5.74, 6) is 0.389. The molecule has 3 heterocycles. The lowest BCUT2D eigenvalue weighted by atomic mass is 10.1. The van der Waals surface area contributed by atoms with E-state index in [1.165, 1.54) is 0 Å². The third kappa shape index (κ3) is 3.48. The van der Waals surface area contributed by atoms with Crippen LogP contribution in [0.5, 0.6) is 11.5 Å². The molecule has 10 heteroatoms. The van der Waals surface area contributed by atoms with Gasteiger partial charge in [0.05, 0.1) is 11.4 Å². The number of nitrogens with zero attached hydrogens (tertiary/aromatic N) is 2. The molecule has 33 heavy (non-hydrogen) atoms. The molecule has 1 atom stereocenters. The first-order chi connectivity index (χ1) is 15.7. The van der Waals surface area contributed by atoms with Crippen LogP contribution in [0.15, 0.2) is 52.8 Å². The van der Waals surface area contributed by atoms with E-state index in [0.29, 0.717) is 12.5 Å². The van der Waals surface area contributed by atoms with Gasteiger partial charge in [0.15, 0.2) is 12.3 Å². The average molecular weight is 450 g/mol. The molecular weight excluding hydrogens is 424 g/mol. The van der Waals surface area contributed by atoms with E-state index in [-0.39, 0.29) is 0 Å². The fourth-order valence-corrected chi connectivity index (χ4v) is 3.83. The number of ether oxygens (including phenoxy) is 2. The van der Waals surface area contributed by atoms with Gasteiger partial charge in [0, 0.05) is 17.5 Å². The molecule has 2 aromatic carbocycles. The molecule has 2 bridgehead atoms. The van der Waals surface area contributed by atoms with Crippen molar-refractivity contribution in [1.29, 1.82) is 0 Å². The second kappa shape index (κ2) is 7.31. The van der Waals surface area contributed by atoms with Gasteiger partial charge in [-0.25, -0.2) is 15.3 Å². The van der Waals surface area contributed by atoms with Crippen molar-refractivity contribution in [3.05, 3.63) is 53.4 Å². The third-order valence-corrected chi connectivity index (χ3v) is 5.78. The molecule has 1 amide bonds. The second-order valence-electron chi connectivity index (χ2n) is 8.67. The Morgan fingerprint density at radius 2 is 2.09 bits per heavy atom. The molecule has 5 rings (SSSR count). The molecule has 172 valence electrons. The van der Waals surface area contributed by atoms with Gasteiger partial charge in [-0.3, -0.25) is 9.69 Å². The van der Waals surface area contributed by atoms with E-state index >= 15 is 0 Å². The van der Waals surface area contributed by atoms with Crippen LogP contribution >= 0.6 is 0 Å². The summed E-state index contributed by atoms with van der Waals surface area (Å²) in [6, 6.07) is 11.4. The highest BCUT2D eigenvalue weighted by molar-refractivity contribution is 5.85. The molecule has 1 unspecified atom stereocenters. The molecule has 1 saturated heterocycles. The molecule has 5 N–H and O–H groups in total. The molecule has 10 nitrogen and oxygen atoms in total. The highest BCUT2D eigenvalue weighted by Gasteiger charge is 2.49. The zero-order valence-corrected chi connectivity index (χ0v) is 18.9. The second-order valence-corrected chi connectivity index (χ2v) is 8.67. The molecule has 1 fully saturated rings. The van der Waals surface area contributed by atoms with Gasteiger partial charge in [0.1, 0.15) is 17.3 Å². The monoisotopic (exact) mass is 450 g/mol. The number of allylic oxidation sites excluding steroid dienone is 1. The van der Waals surface area contributed by atoms with Crippen LogP contribution in [0.25, 0.3) is 0 Å². The van der Waals surface area contributed by atoms with Crippen molar-refractivity contribution in [2.75, 3.05) is 22.3 Å². The summed E-state index contributed by atoms with van der Waals surface area (Å²) < 4.78 is 11.4. The maximum Gasteiger partial charge on any atom is 0.351 e. The summed E-state index contributed by atoms with van der Waals surface area (Å²) in [6.07, 6.45) is 1.77. The minimum Gasteiger partial charge on any atom is -0.478 e. The van der Waals surface area contributed by atoms with Crippen molar-refractivity contribution in [2.24, 2.45) is 10.7 Å². The number of hydrogen-bond acceptors (Lipinski definition) is 9. The lowest BCUT2D eigenvalue weighted by Gasteiger charge is -2.36. The van der Waals surface area contributed by atoms with Crippen molar-refractivity contribution < 1.29 is 19.1 Å². The van der Waals surface area contributed by atoms with Crippen LogP contribution in [0, 0.1) is 6.92 Å². The minimum atomic E-state index is -1.23. The van der Waals surface area contributed by atoms with E-state index in [1.807, 2.05) is 49.1 Å². The number of rotatable bonds is 6. The standard InChI is InChI=1S/C23H26N6O4/c1-13-9-15(5-7-18(13)32-22(3,4)21(24)30)27-23-26-11-14(2)20(28-33-23)29(23)16-6-8-19-17(10-16)25-12-31-19/h5-11,25,27-28H,12H2,1-4H3,(H2,24,30). The first kappa shape index (κ1) is 21.0. The predicted octanol–water partition coefficient (Wildman–Crippen LogP) is 2.78. The van der Waals surface area contributed by atoms with Gasteiger partial charge in [-0.1, -0.05) is 0 Å². The number of carbonyl (C=O) groups is 1. The maximum absolute atomic E-state index is 11.6. The number of carbonyl (C=O) groups excluding carboxylic acids is 1. The Hall–Kier alpha value is -3.92. The summed E-state index contributed by atoms with van der Waals surface area (Å²) >= 11 is 0. The van der Waals surface area contributed by atoms with E-state index in [1.54, 1.807) is 26.1 Å². The number of benzene rings is 2. The fraction of sp³-hybridized carbons (Fsp3) is 0.304. The van der Waals surface area contributed by atoms with Gasteiger partial charge < -0.3 is 25.8 Å². The summed E-state index contributed by atoms with van der Waals surface area (Å²) in [5.41, 5.74) is 11.6. The van der Waals surface area contributed by atoms with Crippen LogP contribution in [0.4, 0.5) is 17.1 Å². The number of fused-ring (bicyclic) bond motifs is 3. The Labute approximate surface area is 191 Å². The number of amides is 1. The zero-order chi connectivity index (χ0) is 23.4. The lowest BCUT2D eigenvalue weighted by molar-refractivity contribution is -0.130. The number of aryl methyl sites for hydroxylation is 1. The third-order valence-electron chi connectivity index (χ3n) is 5.78. The van der Waals surface area contributed by atoms with Crippen molar-refractivity contribution >= 4 is 29.2 Å². The van der Waals surface area contributed by atoms with Gasteiger partial charge in [-0.15, -0.1) is 0 Å². The fourth-order valence-electron chi connectivity index (χ4n) is 3.83. The maximum atomic E-state index is 11.6. The Morgan fingerprint density at radius 3 is 2.85 bits per heavy atom. The molecule has 0 aliphatic carbocycles. The van der Waals surface area contributed by atoms with E-state index in [2.05, 4.69) is 21.1 Å². The van der Waals surface area contributed by atoms with E-state index < -0.39 is 17.5 Å². The molecule has 3 aliphatic rings. The summed E-state index contributed by atoms with van der Waals surface area (Å²) in [4.78, 5) is 24.3. The largest absolute Gasteiger partial charge is 0.478 e. The summed E-state index contributed by atoms with van der Waals surface area (Å²) in [6.45, 7) is 7.57. The quantitative estimate of drug-likeness (QED) is 0.530. The molecule has 2 aromatic rings. The van der Waals surface area contributed by atoms with Crippen molar-refractivity contribution in [3.63, 3.8) is 0 Å². The first-order valence-electron chi connectivity index (χ1n) is 10.6. The normalized spacial score (nSPS) is 20.7. The van der Waals surface area contributed by atoms with E-state index in [4.69, 9.17) is 20.0 Å². The van der Waals surface area contributed by atoms with Crippen LogP contribution in [0.2, 0.25) is 0 Å². The topological polar surface area (TPSA) is 122 Å². The number of anilines is 3. The van der Waals surface area contributed by atoms with Crippen LogP contribution in [-0.2, 0) is 9.63 Å². The number of aliphatic imine (C=N–C) groups is 1. The van der Waals surface area contributed by atoms with Gasteiger partial charge in [-0.05, 0) is 69.7 Å². The molecule has 0 spiro atoms. The summed E-state index contributed by atoms with van der Waals surface area (Å²) in [7, 11) is 0. The molecular formula is C23H26N6O4. The number of nitrogens with two attached hydrogens (primary N) is 1. The Kier molecular flexibility index (Phi) is 4.64. The van der Waals surface area contributed by atoms with E-state index in [9.17, 15) is 4.79 Å². The number of nitrogens with one attached hydrogen (secondary N) is 3. The SMILES string of the molecule is CC1=C2NOC(Nc3ccc(OC(C)(C)C(N)=O)c(C)c3)(N=C1)N2c1ccc2c(c1)NCO2. The van der Waals surface area contributed by atoms with Crippen LogP contribution in [0.1, 0.15) is 26.3 Å². The van der Waals surface area contributed by atoms with Crippen molar-refractivity contribution in [1.82, 2.24) is 5.48 Å². The number of primary amides is 1. The van der Waals surface area contributed by atoms with Crippen LogP contribution in [0.3, 0.4) is 0 Å². The van der Waals surface area contributed by atoms with Crippen molar-refractivity contribution in [2.45, 2.75) is 39.3 Å². The lowest BCUT2D eigenvalue weighted by Crippen LogP contribution is -2.51. The first-order valence-corrected chi connectivity index (χ1v) is 10.6. The Morgan fingerprint density at radius 1 is 1.27 bits per heavy atom. The Bertz CT molecular complexity index is 1210. The predicted molar refractivity (Wildman–Crippen MR) is 125 cm³/mol. The number of hydroxylamine groups is 1. The molecule has 0 aromatic heterocycles. The zero-order valence-electron chi connectivity index (χ0n) is 18.9. The molecule has 0 saturated carbocycles. The average Bonchev–Trinajstić information content (AvgIpc) is 3.34. The van der Waals surface area contributed by atoms with Gasteiger partial charge in [-0.2, -0.15) is 0 Å². The molecule has 0 radical (unpaired) electrons. The van der Waals surface area contributed by atoms with Gasteiger partial charge >= 0.3 is 5.97 Å². The van der Waals surface area contributed by atoms with Gasteiger partial charge in [0.2, 0.25) is 0 Å². The molecule has 3 aliphatic heterocycles. The highest BCUT2D eigenvalue weighted by Crippen LogP contribution is 2.42. The van der Waals surface area contributed by atoms with Crippen molar-refractivity contribution in [3.8, 4) is 11.5 Å². The van der Waals surface area contributed by atoms with Gasteiger partial charge in [0.25, 0.3) is 5.91 Å².